The van der Waals surface area contributed by atoms with Crippen molar-refractivity contribution in [3.63, 3.8) is 0 Å². The number of nitrogens with zero attached hydrogens (tertiary/aromatic N) is 2. The molecule has 2 rings (SSSR count). The SMILES string of the molecule is O=C(CSc1nc(-c2ccccc2)cc(C(F)(F)F)n1)NCCCO. The number of aliphatic hydroxyl groups excluding tert-OH is 1. The second-order valence-electron chi connectivity index (χ2n) is 5.00. The van der Waals surface area contributed by atoms with E-state index in [0.29, 0.717) is 18.5 Å². The van der Waals surface area contributed by atoms with Crippen molar-refractivity contribution in [1.29, 1.82) is 0 Å². The predicted octanol–water partition coefficient (Wildman–Crippen LogP) is 2.75. The molecule has 5 nitrogen and oxygen atoms in total. The minimum Gasteiger partial charge on any atom is -0.396 e. The fourth-order valence-electron chi connectivity index (χ4n) is 1.88. The summed E-state index contributed by atoms with van der Waals surface area (Å²) in [7, 11) is 0. The Hall–Kier alpha value is -2.13. The van der Waals surface area contributed by atoms with Crippen LogP contribution in [0, 0.1) is 0 Å². The fraction of sp³-hybridized carbons (Fsp3) is 0.312. The van der Waals surface area contributed by atoms with Gasteiger partial charge in [0.1, 0.15) is 5.69 Å². The highest BCUT2D eigenvalue weighted by atomic mass is 32.2. The number of halogens is 3. The zero-order valence-electron chi connectivity index (χ0n) is 13.1. The Kier molecular flexibility index (Phi) is 6.77. The van der Waals surface area contributed by atoms with Crippen molar-refractivity contribution in [1.82, 2.24) is 15.3 Å². The quantitative estimate of drug-likeness (QED) is 0.445. The average Bonchev–Trinajstić information content (AvgIpc) is 2.60. The van der Waals surface area contributed by atoms with E-state index < -0.39 is 11.9 Å². The molecule has 0 saturated heterocycles. The van der Waals surface area contributed by atoms with Crippen LogP contribution < -0.4 is 5.32 Å². The normalized spacial score (nSPS) is 11.4. The van der Waals surface area contributed by atoms with Crippen LogP contribution in [0.4, 0.5) is 13.2 Å². The number of alkyl halides is 3. The molecule has 1 aromatic heterocycles. The molecule has 2 N–H and O–H groups in total. The molecule has 0 atom stereocenters. The van der Waals surface area contributed by atoms with Gasteiger partial charge in [-0.3, -0.25) is 4.79 Å². The van der Waals surface area contributed by atoms with E-state index in [0.717, 1.165) is 17.8 Å². The Morgan fingerprint density at radius 3 is 2.56 bits per heavy atom. The molecule has 25 heavy (non-hydrogen) atoms. The molecule has 0 saturated carbocycles. The van der Waals surface area contributed by atoms with E-state index in [1.165, 1.54) is 0 Å². The molecule has 2 aromatic rings. The van der Waals surface area contributed by atoms with Gasteiger partial charge in [0.2, 0.25) is 5.91 Å². The summed E-state index contributed by atoms with van der Waals surface area (Å²) >= 11 is 0.829. The highest BCUT2D eigenvalue weighted by Crippen LogP contribution is 2.31. The topological polar surface area (TPSA) is 75.1 Å². The van der Waals surface area contributed by atoms with Crippen molar-refractivity contribution < 1.29 is 23.1 Å². The maximum absolute atomic E-state index is 13.1. The number of carbonyl (C=O) groups is 1. The molecule has 0 unspecified atom stereocenters. The van der Waals surface area contributed by atoms with Gasteiger partial charge in [-0.15, -0.1) is 0 Å². The van der Waals surface area contributed by atoms with E-state index in [1.54, 1.807) is 30.3 Å². The maximum atomic E-state index is 13.1. The first-order valence-corrected chi connectivity index (χ1v) is 8.41. The Bertz CT molecular complexity index is 712. The standard InChI is InChI=1S/C16H16F3N3O2S/c17-16(18,19)13-9-12(11-5-2-1-3-6-11)21-15(22-13)25-10-14(24)20-7-4-8-23/h1-3,5-6,9,23H,4,7-8,10H2,(H,20,24). The van der Waals surface area contributed by atoms with Crippen molar-refractivity contribution in [3.8, 4) is 11.3 Å². The van der Waals surface area contributed by atoms with Gasteiger partial charge in [-0.25, -0.2) is 9.97 Å². The van der Waals surface area contributed by atoms with Crippen molar-refractivity contribution in [2.45, 2.75) is 17.8 Å². The zero-order valence-corrected chi connectivity index (χ0v) is 13.9. The Morgan fingerprint density at radius 1 is 1.20 bits per heavy atom. The third-order valence-corrected chi connectivity index (χ3v) is 3.90. The van der Waals surface area contributed by atoms with E-state index in [4.69, 9.17) is 5.11 Å². The number of nitrogens with one attached hydrogen (secondary N) is 1. The lowest BCUT2D eigenvalue weighted by Crippen LogP contribution is -2.26. The van der Waals surface area contributed by atoms with Crippen molar-refractivity contribution in [3.05, 3.63) is 42.1 Å². The van der Waals surface area contributed by atoms with Crippen LogP contribution in [0.25, 0.3) is 11.3 Å². The molecule has 1 amide bonds. The van der Waals surface area contributed by atoms with E-state index in [1.807, 2.05) is 0 Å². The van der Waals surface area contributed by atoms with Crippen LogP contribution >= 0.6 is 11.8 Å². The van der Waals surface area contributed by atoms with E-state index in [9.17, 15) is 18.0 Å². The van der Waals surface area contributed by atoms with Gasteiger partial charge in [-0.05, 0) is 12.5 Å². The van der Waals surface area contributed by atoms with Gasteiger partial charge in [0.15, 0.2) is 5.16 Å². The van der Waals surface area contributed by atoms with E-state index in [-0.39, 0.29) is 29.1 Å². The molecule has 0 bridgehead atoms. The smallest absolute Gasteiger partial charge is 0.396 e. The van der Waals surface area contributed by atoms with Crippen molar-refractivity contribution in [2.75, 3.05) is 18.9 Å². The van der Waals surface area contributed by atoms with E-state index >= 15 is 0 Å². The number of benzene rings is 1. The largest absolute Gasteiger partial charge is 0.433 e. The molecule has 1 aromatic carbocycles. The highest BCUT2D eigenvalue weighted by Gasteiger charge is 2.33. The summed E-state index contributed by atoms with van der Waals surface area (Å²) in [4.78, 5) is 19.3. The Morgan fingerprint density at radius 2 is 1.92 bits per heavy atom. The third kappa shape index (κ3) is 6.02. The first-order valence-electron chi connectivity index (χ1n) is 7.42. The number of hydrogen-bond donors (Lipinski definition) is 2. The molecule has 0 aliphatic heterocycles. The number of aliphatic hydroxyl groups is 1. The van der Waals surface area contributed by atoms with Crippen LogP contribution in [0.3, 0.4) is 0 Å². The predicted molar refractivity (Wildman–Crippen MR) is 87.9 cm³/mol. The lowest BCUT2D eigenvalue weighted by molar-refractivity contribution is -0.141. The van der Waals surface area contributed by atoms with Crippen LogP contribution in [0.5, 0.6) is 0 Å². The molecule has 0 spiro atoms. The van der Waals surface area contributed by atoms with Gasteiger partial charge in [0.25, 0.3) is 0 Å². The second-order valence-corrected chi connectivity index (χ2v) is 5.94. The van der Waals surface area contributed by atoms with Gasteiger partial charge < -0.3 is 10.4 Å². The van der Waals surface area contributed by atoms with Gasteiger partial charge in [-0.2, -0.15) is 13.2 Å². The second kappa shape index (κ2) is 8.82. The molecular formula is C16H16F3N3O2S. The summed E-state index contributed by atoms with van der Waals surface area (Å²) in [5.41, 5.74) is -0.375. The van der Waals surface area contributed by atoms with Crippen LogP contribution in [0.15, 0.2) is 41.6 Å². The summed E-state index contributed by atoms with van der Waals surface area (Å²) < 4.78 is 39.2. The molecule has 0 radical (unpaired) electrons. The number of hydrogen-bond acceptors (Lipinski definition) is 5. The lowest BCUT2D eigenvalue weighted by Gasteiger charge is -2.10. The van der Waals surface area contributed by atoms with Crippen LogP contribution in [0.2, 0.25) is 0 Å². The van der Waals surface area contributed by atoms with Crippen LogP contribution in [-0.4, -0.2) is 39.9 Å². The summed E-state index contributed by atoms with van der Waals surface area (Å²) in [5.74, 6) is -0.471. The van der Waals surface area contributed by atoms with Crippen LogP contribution in [0.1, 0.15) is 12.1 Å². The fourth-order valence-corrected chi connectivity index (χ4v) is 2.57. The van der Waals surface area contributed by atoms with Gasteiger partial charge >= 0.3 is 6.18 Å². The molecule has 9 heteroatoms. The lowest BCUT2D eigenvalue weighted by atomic mass is 10.1. The van der Waals surface area contributed by atoms with Crippen LogP contribution in [-0.2, 0) is 11.0 Å². The minimum absolute atomic E-state index is 0.0510. The Balaban J connectivity index is 2.18. The first-order chi connectivity index (χ1) is 11.9. The number of aromatic nitrogens is 2. The number of amides is 1. The minimum atomic E-state index is -4.61. The summed E-state index contributed by atoms with van der Waals surface area (Å²) in [5, 5.41) is 11.1. The van der Waals surface area contributed by atoms with Gasteiger partial charge in [0.05, 0.1) is 11.4 Å². The summed E-state index contributed by atoms with van der Waals surface area (Å²) in [6.07, 6.45) is -4.19. The number of rotatable bonds is 7. The third-order valence-electron chi connectivity index (χ3n) is 3.06. The maximum Gasteiger partial charge on any atom is 0.433 e. The zero-order chi connectivity index (χ0) is 18.3. The molecule has 134 valence electrons. The van der Waals surface area contributed by atoms with Crippen molar-refractivity contribution in [2.24, 2.45) is 0 Å². The molecular weight excluding hydrogens is 355 g/mol. The highest BCUT2D eigenvalue weighted by molar-refractivity contribution is 7.99. The monoisotopic (exact) mass is 371 g/mol. The average molecular weight is 371 g/mol. The number of carbonyl (C=O) groups excluding carboxylic acids is 1. The van der Waals surface area contributed by atoms with Gasteiger partial charge in [0, 0.05) is 18.7 Å². The molecule has 1 heterocycles. The summed E-state index contributed by atoms with van der Waals surface area (Å²) in [6.45, 7) is 0.249. The Labute approximate surface area is 146 Å². The molecule has 0 aliphatic rings. The van der Waals surface area contributed by atoms with Crippen molar-refractivity contribution >= 4 is 17.7 Å². The molecule has 0 fully saturated rings. The van der Waals surface area contributed by atoms with Gasteiger partial charge in [-0.1, -0.05) is 42.1 Å². The summed E-state index contributed by atoms with van der Waals surface area (Å²) in [6, 6.07) is 9.35. The van der Waals surface area contributed by atoms with E-state index in [2.05, 4.69) is 15.3 Å². The first kappa shape index (κ1) is 19.2. The molecule has 0 aliphatic carbocycles. The number of thioether (sulfide) groups is 1.